The van der Waals surface area contributed by atoms with Crippen LogP contribution in [0.1, 0.15) is 0 Å². The number of ether oxygens (including phenoxy) is 1. The lowest BCUT2D eigenvalue weighted by atomic mass is 10.3. The molecule has 2 aromatic rings. The molecule has 130 valence electrons. The molecule has 0 aliphatic heterocycles. The molecule has 0 fully saturated rings. The molecule has 24 heavy (non-hydrogen) atoms. The summed E-state index contributed by atoms with van der Waals surface area (Å²) in [6.45, 7) is 0. The van der Waals surface area contributed by atoms with Crippen LogP contribution in [0.4, 0.5) is 21.6 Å². The maximum atomic E-state index is 14.1. The van der Waals surface area contributed by atoms with Crippen LogP contribution in [0.2, 0.25) is 0 Å². The van der Waals surface area contributed by atoms with Gasteiger partial charge in [-0.3, -0.25) is 14.1 Å². The van der Waals surface area contributed by atoms with E-state index in [0.29, 0.717) is 3.57 Å². The number of anilines is 3. The SMILES string of the molecule is COc1cc(=O)n(C)c(Nc2ccc(I)cc2F)c1NS(C)(=O)=O. The molecule has 10 heteroatoms. The summed E-state index contributed by atoms with van der Waals surface area (Å²) in [6.07, 6.45) is 0.965. The van der Waals surface area contributed by atoms with Crippen LogP contribution < -0.4 is 20.3 Å². The average Bonchev–Trinajstić information content (AvgIpc) is 2.47. The van der Waals surface area contributed by atoms with E-state index < -0.39 is 21.4 Å². The third kappa shape index (κ3) is 4.17. The molecule has 1 heterocycles. The average molecular weight is 467 g/mol. The highest BCUT2D eigenvalue weighted by Crippen LogP contribution is 2.34. The molecule has 0 bridgehead atoms. The van der Waals surface area contributed by atoms with Gasteiger partial charge in [0.15, 0.2) is 5.75 Å². The van der Waals surface area contributed by atoms with Gasteiger partial charge in [-0.25, -0.2) is 12.8 Å². The lowest BCUT2D eigenvalue weighted by Crippen LogP contribution is -2.23. The van der Waals surface area contributed by atoms with Crippen LogP contribution in [0.5, 0.6) is 5.75 Å². The number of nitrogens with zero attached hydrogens (tertiary/aromatic N) is 1. The van der Waals surface area contributed by atoms with Gasteiger partial charge in [0.25, 0.3) is 5.56 Å². The van der Waals surface area contributed by atoms with E-state index in [-0.39, 0.29) is 22.9 Å². The number of pyridine rings is 1. The largest absolute Gasteiger partial charge is 0.494 e. The fraction of sp³-hybridized carbons (Fsp3) is 0.214. The van der Waals surface area contributed by atoms with E-state index in [2.05, 4.69) is 10.0 Å². The molecule has 0 saturated carbocycles. The van der Waals surface area contributed by atoms with Crippen molar-refractivity contribution in [1.29, 1.82) is 0 Å². The zero-order valence-electron chi connectivity index (χ0n) is 13.1. The van der Waals surface area contributed by atoms with Gasteiger partial charge in [0.1, 0.15) is 17.3 Å². The minimum absolute atomic E-state index is 0.0139. The van der Waals surface area contributed by atoms with E-state index in [0.717, 1.165) is 16.9 Å². The Labute approximate surface area is 152 Å². The molecule has 0 unspecified atom stereocenters. The second-order valence-corrected chi connectivity index (χ2v) is 7.95. The Kier molecular flexibility index (Phi) is 5.38. The fourth-order valence-corrected chi connectivity index (χ4v) is 3.01. The second kappa shape index (κ2) is 6.97. The van der Waals surface area contributed by atoms with Crippen LogP contribution in [0, 0.1) is 9.39 Å². The summed E-state index contributed by atoms with van der Waals surface area (Å²) in [4.78, 5) is 12.0. The molecule has 0 atom stereocenters. The summed E-state index contributed by atoms with van der Waals surface area (Å²) in [6, 6.07) is 5.62. The predicted octanol–water partition coefficient (Wildman–Crippen LogP) is 2.25. The van der Waals surface area contributed by atoms with Gasteiger partial charge in [-0.1, -0.05) is 0 Å². The Hall–Kier alpha value is -1.82. The van der Waals surface area contributed by atoms with Crippen molar-refractivity contribution >= 4 is 49.8 Å². The van der Waals surface area contributed by atoms with Gasteiger partial charge in [-0.15, -0.1) is 0 Å². The second-order valence-electron chi connectivity index (χ2n) is 4.96. The normalized spacial score (nSPS) is 11.2. The maximum Gasteiger partial charge on any atom is 0.255 e. The Morgan fingerprint density at radius 3 is 2.50 bits per heavy atom. The van der Waals surface area contributed by atoms with Crippen molar-refractivity contribution in [3.63, 3.8) is 0 Å². The quantitative estimate of drug-likeness (QED) is 0.659. The van der Waals surface area contributed by atoms with Crippen LogP contribution in [-0.2, 0) is 17.1 Å². The topological polar surface area (TPSA) is 89.4 Å². The summed E-state index contributed by atoms with van der Waals surface area (Å²) in [5, 5.41) is 2.75. The number of hydrogen-bond acceptors (Lipinski definition) is 5. The minimum atomic E-state index is -3.65. The number of methoxy groups -OCH3 is 1. The molecule has 0 amide bonds. The molecule has 2 N–H and O–H groups in total. The Balaban J connectivity index is 2.66. The smallest absolute Gasteiger partial charge is 0.255 e. The molecule has 1 aromatic heterocycles. The fourth-order valence-electron chi connectivity index (χ4n) is 1.99. The first-order valence-corrected chi connectivity index (χ1v) is 9.57. The van der Waals surface area contributed by atoms with Crippen molar-refractivity contribution in [3.05, 3.63) is 44.0 Å². The van der Waals surface area contributed by atoms with E-state index in [1.807, 2.05) is 22.6 Å². The first-order valence-electron chi connectivity index (χ1n) is 6.60. The first-order chi connectivity index (χ1) is 11.1. The molecule has 0 aliphatic rings. The van der Waals surface area contributed by atoms with Crippen LogP contribution in [0.15, 0.2) is 29.1 Å². The lowest BCUT2D eigenvalue weighted by molar-refractivity contribution is 0.415. The van der Waals surface area contributed by atoms with Crippen molar-refractivity contribution in [1.82, 2.24) is 4.57 Å². The van der Waals surface area contributed by atoms with Crippen molar-refractivity contribution in [3.8, 4) is 5.75 Å². The van der Waals surface area contributed by atoms with E-state index in [4.69, 9.17) is 4.74 Å². The van der Waals surface area contributed by atoms with E-state index in [1.165, 1.54) is 26.3 Å². The molecule has 1 aromatic carbocycles. The van der Waals surface area contributed by atoms with Gasteiger partial charge in [0, 0.05) is 16.7 Å². The van der Waals surface area contributed by atoms with Crippen molar-refractivity contribution in [2.75, 3.05) is 23.4 Å². The van der Waals surface area contributed by atoms with Gasteiger partial charge >= 0.3 is 0 Å². The van der Waals surface area contributed by atoms with E-state index >= 15 is 0 Å². The van der Waals surface area contributed by atoms with Gasteiger partial charge < -0.3 is 10.1 Å². The van der Waals surface area contributed by atoms with E-state index in [1.54, 1.807) is 6.07 Å². The minimum Gasteiger partial charge on any atom is -0.494 e. The maximum absolute atomic E-state index is 14.1. The Morgan fingerprint density at radius 2 is 1.96 bits per heavy atom. The summed E-state index contributed by atoms with van der Waals surface area (Å²) >= 11 is 1.97. The predicted molar refractivity (Wildman–Crippen MR) is 99.1 cm³/mol. The summed E-state index contributed by atoms with van der Waals surface area (Å²) in [7, 11) is -0.916. The van der Waals surface area contributed by atoms with Gasteiger partial charge in [-0.05, 0) is 40.8 Å². The standard InChI is InChI=1S/C14H15FIN3O4S/c1-19-12(20)7-11(23-2)13(18-24(3,21)22)14(19)17-10-5-4-8(16)6-9(10)15/h4-7,17-18H,1-3H3. The van der Waals surface area contributed by atoms with Crippen molar-refractivity contribution < 1.29 is 17.5 Å². The number of benzene rings is 1. The van der Waals surface area contributed by atoms with Gasteiger partial charge in [0.05, 0.1) is 19.1 Å². The third-order valence-corrected chi connectivity index (χ3v) is 4.34. The zero-order chi connectivity index (χ0) is 18.1. The molecule has 0 spiro atoms. The zero-order valence-corrected chi connectivity index (χ0v) is 16.0. The third-order valence-electron chi connectivity index (χ3n) is 3.10. The number of hydrogen-bond donors (Lipinski definition) is 2. The van der Waals surface area contributed by atoms with Crippen LogP contribution in [0.3, 0.4) is 0 Å². The number of aromatic nitrogens is 1. The summed E-state index contributed by atoms with van der Waals surface area (Å²) in [5.74, 6) is -0.454. The number of nitrogens with one attached hydrogen (secondary N) is 2. The monoisotopic (exact) mass is 467 g/mol. The number of halogens is 2. The highest BCUT2D eigenvalue weighted by molar-refractivity contribution is 14.1. The van der Waals surface area contributed by atoms with Crippen LogP contribution >= 0.6 is 22.6 Å². The molecule has 0 radical (unpaired) electrons. The highest BCUT2D eigenvalue weighted by Gasteiger charge is 2.19. The lowest BCUT2D eigenvalue weighted by Gasteiger charge is -2.19. The highest BCUT2D eigenvalue weighted by atomic mass is 127. The first kappa shape index (κ1) is 18.5. The molecule has 0 aliphatic carbocycles. The van der Waals surface area contributed by atoms with Crippen molar-refractivity contribution in [2.45, 2.75) is 0 Å². The molecular formula is C14H15FIN3O4S. The number of rotatable bonds is 5. The molecule has 2 rings (SSSR count). The van der Waals surface area contributed by atoms with E-state index in [9.17, 15) is 17.6 Å². The van der Waals surface area contributed by atoms with Crippen LogP contribution in [0.25, 0.3) is 0 Å². The van der Waals surface area contributed by atoms with Crippen molar-refractivity contribution in [2.24, 2.45) is 7.05 Å². The molecular weight excluding hydrogens is 452 g/mol. The Morgan fingerprint density at radius 1 is 1.29 bits per heavy atom. The van der Waals surface area contributed by atoms with Gasteiger partial charge in [0.2, 0.25) is 10.0 Å². The summed E-state index contributed by atoms with van der Waals surface area (Å²) < 4.78 is 46.6. The summed E-state index contributed by atoms with van der Waals surface area (Å²) in [5.41, 5.74) is -0.338. The Bertz CT molecular complexity index is 944. The van der Waals surface area contributed by atoms with Gasteiger partial charge in [-0.2, -0.15) is 0 Å². The molecule has 0 saturated heterocycles. The molecule has 7 nitrogen and oxygen atoms in total. The number of sulfonamides is 1. The van der Waals surface area contributed by atoms with Crippen LogP contribution in [-0.4, -0.2) is 26.4 Å².